The summed E-state index contributed by atoms with van der Waals surface area (Å²) in [6, 6.07) is 8.24. The Labute approximate surface area is 170 Å². The molecule has 3 aromatic rings. The molecule has 0 spiro atoms. The molecule has 3 heterocycles. The van der Waals surface area contributed by atoms with Gasteiger partial charge in [0.15, 0.2) is 0 Å². The SMILES string of the molecule is CN(C(=O)[C@H]1CCCO1)c1ccc2cc(-c3n[nH]c4c3CCC(C)(C)C4)[nH]c2c1. The van der Waals surface area contributed by atoms with Crippen molar-refractivity contribution in [2.24, 2.45) is 5.41 Å². The smallest absolute Gasteiger partial charge is 0.255 e. The molecular formula is C23H28N4O2. The van der Waals surface area contributed by atoms with E-state index >= 15 is 0 Å². The Kier molecular flexibility index (Phi) is 4.28. The van der Waals surface area contributed by atoms with Crippen molar-refractivity contribution in [1.29, 1.82) is 0 Å². The first-order valence-corrected chi connectivity index (χ1v) is 10.5. The maximum absolute atomic E-state index is 12.7. The molecule has 2 aliphatic rings. The van der Waals surface area contributed by atoms with Gasteiger partial charge in [-0.25, -0.2) is 0 Å². The zero-order valence-electron chi connectivity index (χ0n) is 17.3. The van der Waals surface area contributed by atoms with Crippen molar-refractivity contribution in [3.05, 3.63) is 35.5 Å². The van der Waals surface area contributed by atoms with Crippen LogP contribution in [0.5, 0.6) is 0 Å². The number of H-pyrrole nitrogens is 2. The minimum absolute atomic E-state index is 0.0256. The Morgan fingerprint density at radius 2 is 2.17 bits per heavy atom. The Balaban J connectivity index is 1.45. The maximum Gasteiger partial charge on any atom is 0.255 e. The number of aromatic nitrogens is 3. The first kappa shape index (κ1) is 18.4. The van der Waals surface area contributed by atoms with Crippen molar-refractivity contribution in [2.75, 3.05) is 18.6 Å². The number of nitrogens with one attached hydrogen (secondary N) is 2. The number of likely N-dealkylation sites (N-methyl/N-ethyl adjacent to an activating group) is 1. The molecule has 1 saturated heterocycles. The fraction of sp³-hybridized carbons (Fsp3) is 0.478. The van der Waals surface area contributed by atoms with Gasteiger partial charge in [0, 0.05) is 41.5 Å². The second-order valence-corrected chi connectivity index (χ2v) is 9.22. The van der Waals surface area contributed by atoms with Crippen molar-refractivity contribution in [1.82, 2.24) is 15.2 Å². The van der Waals surface area contributed by atoms with Crippen LogP contribution in [0.2, 0.25) is 0 Å². The van der Waals surface area contributed by atoms with Crippen LogP contribution < -0.4 is 4.90 Å². The van der Waals surface area contributed by atoms with Gasteiger partial charge in [-0.05, 0) is 55.7 Å². The van der Waals surface area contributed by atoms with Gasteiger partial charge in [0.2, 0.25) is 0 Å². The van der Waals surface area contributed by atoms with Gasteiger partial charge in [-0.3, -0.25) is 9.89 Å². The molecule has 1 aromatic carbocycles. The fourth-order valence-corrected chi connectivity index (χ4v) is 4.64. The van der Waals surface area contributed by atoms with E-state index in [0.29, 0.717) is 12.0 Å². The number of aromatic amines is 2. The van der Waals surface area contributed by atoms with Gasteiger partial charge in [-0.1, -0.05) is 19.9 Å². The van der Waals surface area contributed by atoms with Gasteiger partial charge < -0.3 is 14.6 Å². The van der Waals surface area contributed by atoms with E-state index in [-0.39, 0.29) is 12.0 Å². The molecule has 6 nitrogen and oxygen atoms in total. The summed E-state index contributed by atoms with van der Waals surface area (Å²) in [5, 5.41) is 9.01. The standard InChI is InChI=1S/C23H28N4O2/c1-23(2)9-8-16-19(13-23)25-26-21(16)18-11-14-6-7-15(12-17(14)24-18)27(3)22(28)20-5-4-10-29-20/h6-7,11-12,20,24H,4-5,8-10,13H2,1-3H3,(H,25,26)/t20-/m1/s1. The van der Waals surface area contributed by atoms with Gasteiger partial charge in [-0.15, -0.1) is 0 Å². The monoisotopic (exact) mass is 392 g/mol. The van der Waals surface area contributed by atoms with Crippen LogP contribution in [0.25, 0.3) is 22.3 Å². The molecule has 0 radical (unpaired) electrons. The van der Waals surface area contributed by atoms with E-state index in [1.807, 2.05) is 19.2 Å². The number of carbonyl (C=O) groups is 1. The van der Waals surface area contributed by atoms with Crippen LogP contribution in [0.4, 0.5) is 5.69 Å². The molecule has 1 aliphatic carbocycles. The molecule has 1 fully saturated rings. The van der Waals surface area contributed by atoms with Crippen molar-refractivity contribution in [3.63, 3.8) is 0 Å². The topological polar surface area (TPSA) is 74.0 Å². The van der Waals surface area contributed by atoms with E-state index in [0.717, 1.165) is 53.7 Å². The summed E-state index contributed by atoms with van der Waals surface area (Å²) in [5.41, 5.74) is 6.86. The van der Waals surface area contributed by atoms with Crippen LogP contribution in [0.15, 0.2) is 24.3 Å². The quantitative estimate of drug-likeness (QED) is 0.701. The highest BCUT2D eigenvalue weighted by atomic mass is 16.5. The van der Waals surface area contributed by atoms with Crippen LogP contribution >= 0.6 is 0 Å². The van der Waals surface area contributed by atoms with Crippen molar-refractivity contribution in [2.45, 2.75) is 52.1 Å². The van der Waals surface area contributed by atoms with E-state index in [9.17, 15) is 4.79 Å². The number of fused-ring (bicyclic) bond motifs is 2. The fourth-order valence-electron chi connectivity index (χ4n) is 4.64. The predicted octanol–water partition coefficient (Wildman–Crippen LogP) is 4.21. The maximum atomic E-state index is 12.7. The van der Waals surface area contributed by atoms with Crippen molar-refractivity contribution < 1.29 is 9.53 Å². The number of nitrogens with zero attached hydrogens (tertiary/aromatic N) is 2. The second-order valence-electron chi connectivity index (χ2n) is 9.22. The van der Waals surface area contributed by atoms with Crippen LogP contribution in [-0.4, -0.2) is 40.8 Å². The van der Waals surface area contributed by atoms with Gasteiger partial charge in [0.1, 0.15) is 11.8 Å². The predicted molar refractivity (Wildman–Crippen MR) is 114 cm³/mol. The summed E-state index contributed by atoms with van der Waals surface area (Å²) in [5.74, 6) is 0.0256. The third-order valence-corrected chi connectivity index (χ3v) is 6.44. The summed E-state index contributed by atoms with van der Waals surface area (Å²) < 4.78 is 5.55. The highest BCUT2D eigenvalue weighted by Crippen LogP contribution is 2.38. The third-order valence-electron chi connectivity index (χ3n) is 6.44. The number of amides is 1. The van der Waals surface area contributed by atoms with E-state index in [4.69, 9.17) is 4.74 Å². The lowest BCUT2D eigenvalue weighted by atomic mass is 9.76. The minimum Gasteiger partial charge on any atom is -0.368 e. The number of rotatable bonds is 3. The number of benzene rings is 1. The number of hydrogen-bond donors (Lipinski definition) is 2. The van der Waals surface area contributed by atoms with Gasteiger partial charge >= 0.3 is 0 Å². The van der Waals surface area contributed by atoms with Gasteiger partial charge in [0.25, 0.3) is 5.91 Å². The zero-order chi connectivity index (χ0) is 20.2. The highest BCUT2D eigenvalue weighted by molar-refractivity contribution is 5.98. The van der Waals surface area contributed by atoms with Crippen LogP contribution in [0.3, 0.4) is 0 Å². The average molecular weight is 393 g/mol. The number of hydrogen-bond acceptors (Lipinski definition) is 3. The van der Waals surface area contributed by atoms with Crippen molar-refractivity contribution in [3.8, 4) is 11.4 Å². The lowest BCUT2D eigenvalue weighted by Crippen LogP contribution is -2.35. The highest BCUT2D eigenvalue weighted by Gasteiger charge is 2.30. The van der Waals surface area contributed by atoms with Crippen molar-refractivity contribution >= 4 is 22.5 Å². The van der Waals surface area contributed by atoms with E-state index in [1.165, 1.54) is 17.7 Å². The first-order valence-electron chi connectivity index (χ1n) is 10.5. The summed E-state index contributed by atoms with van der Waals surface area (Å²) in [7, 11) is 1.82. The number of anilines is 1. The Hall–Kier alpha value is -2.60. The molecule has 29 heavy (non-hydrogen) atoms. The van der Waals surface area contributed by atoms with Crippen LogP contribution in [0.1, 0.15) is 44.4 Å². The van der Waals surface area contributed by atoms with Crippen LogP contribution in [-0.2, 0) is 22.4 Å². The Morgan fingerprint density at radius 1 is 1.31 bits per heavy atom. The molecule has 5 rings (SSSR count). The molecule has 1 aliphatic heterocycles. The Morgan fingerprint density at radius 3 is 2.97 bits per heavy atom. The molecule has 0 bridgehead atoms. The lowest BCUT2D eigenvalue weighted by molar-refractivity contribution is -0.127. The third kappa shape index (κ3) is 3.25. The molecule has 0 saturated carbocycles. The Bertz CT molecular complexity index is 1070. The molecule has 6 heteroatoms. The first-order chi connectivity index (χ1) is 13.9. The lowest BCUT2D eigenvalue weighted by Gasteiger charge is -2.28. The van der Waals surface area contributed by atoms with Gasteiger partial charge in [-0.2, -0.15) is 5.10 Å². The molecule has 2 aromatic heterocycles. The zero-order valence-corrected chi connectivity index (χ0v) is 17.3. The number of ether oxygens (including phenoxy) is 1. The summed E-state index contributed by atoms with van der Waals surface area (Å²) >= 11 is 0. The summed E-state index contributed by atoms with van der Waals surface area (Å²) in [6.45, 7) is 5.30. The average Bonchev–Trinajstić information content (AvgIpc) is 3.43. The molecular weight excluding hydrogens is 364 g/mol. The van der Waals surface area contributed by atoms with E-state index in [2.05, 4.69) is 41.2 Å². The molecule has 152 valence electrons. The minimum atomic E-state index is -0.310. The second kappa shape index (κ2) is 6.73. The molecule has 0 unspecified atom stereocenters. The number of carbonyl (C=O) groups excluding carboxylic acids is 1. The molecule has 2 N–H and O–H groups in total. The molecule has 1 atom stereocenters. The van der Waals surface area contributed by atoms with E-state index in [1.54, 1.807) is 4.90 Å². The normalized spacial score (nSPS) is 20.7. The molecule has 1 amide bonds. The summed E-state index contributed by atoms with van der Waals surface area (Å²) in [6.07, 6.45) is 4.71. The van der Waals surface area contributed by atoms with E-state index < -0.39 is 0 Å². The van der Waals surface area contributed by atoms with Crippen LogP contribution in [0, 0.1) is 5.41 Å². The largest absolute Gasteiger partial charge is 0.368 e. The van der Waals surface area contributed by atoms with Gasteiger partial charge in [0.05, 0.1) is 5.69 Å². The summed E-state index contributed by atoms with van der Waals surface area (Å²) in [4.78, 5) is 17.9.